The number of hydrogen-bond acceptors (Lipinski definition) is 10. The van der Waals surface area contributed by atoms with Gasteiger partial charge in [-0.2, -0.15) is 13.2 Å². The average molecular weight is 728 g/mol. The zero-order valence-corrected chi connectivity index (χ0v) is 29.4. The van der Waals surface area contributed by atoms with E-state index in [-0.39, 0.29) is 46.9 Å². The van der Waals surface area contributed by atoms with E-state index in [4.69, 9.17) is 18.9 Å². The Morgan fingerprint density at radius 2 is 1.80 bits per heavy atom. The smallest absolute Gasteiger partial charge is 0.416 e. The molecule has 0 radical (unpaired) electrons. The summed E-state index contributed by atoms with van der Waals surface area (Å²) in [4.78, 5) is 15.0. The van der Waals surface area contributed by atoms with Gasteiger partial charge >= 0.3 is 6.18 Å². The van der Waals surface area contributed by atoms with E-state index in [1.165, 1.54) is 55.3 Å². The van der Waals surface area contributed by atoms with Crippen LogP contribution in [-0.4, -0.2) is 80.9 Å². The van der Waals surface area contributed by atoms with E-state index in [0.29, 0.717) is 68.2 Å². The van der Waals surface area contributed by atoms with Crippen LogP contribution in [0.15, 0.2) is 78.1 Å². The Balaban J connectivity index is 1.26. The maximum absolute atomic E-state index is 14.3. The Kier molecular flexibility index (Phi) is 11.0. The first-order valence-electron chi connectivity index (χ1n) is 16.6. The molecule has 1 saturated heterocycles. The second-order valence-corrected chi connectivity index (χ2v) is 14.3. The monoisotopic (exact) mass is 727 g/mol. The van der Waals surface area contributed by atoms with Crippen molar-refractivity contribution in [1.82, 2.24) is 19.9 Å². The van der Waals surface area contributed by atoms with Gasteiger partial charge in [0.25, 0.3) is 10.0 Å². The lowest BCUT2D eigenvalue weighted by Crippen LogP contribution is -2.53. The van der Waals surface area contributed by atoms with Crippen LogP contribution in [0, 0.1) is 6.92 Å². The summed E-state index contributed by atoms with van der Waals surface area (Å²) < 4.78 is 93.3. The fourth-order valence-electron chi connectivity index (χ4n) is 6.82. The standard InChI is InChI=1S/C36H40F3N5O6S/c1-24-33(51(45,46)44(34-13-14-40-23-41-34)22-27-7-9-29(47-2)21-32(27)48-3)11-12-35(42-24)50-31-10-8-26(20-30(31)43-15-17-49-18-16-43)25-5-4-6-28(19-25)36(37,38)39/h4-7,9,11-14,19,21,23,26,30-31H,8,10,15-18,20,22H2,1-3H3/t26-,30-,31-/m0/s1. The maximum Gasteiger partial charge on any atom is 0.416 e. The highest BCUT2D eigenvalue weighted by atomic mass is 32.2. The maximum atomic E-state index is 14.3. The number of morpholine rings is 1. The highest BCUT2D eigenvalue weighted by Crippen LogP contribution is 2.40. The zero-order chi connectivity index (χ0) is 36.2. The highest BCUT2D eigenvalue weighted by molar-refractivity contribution is 7.92. The van der Waals surface area contributed by atoms with E-state index in [2.05, 4.69) is 19.9 Å². The van der Waals surface area contributed by atoms with Gasteiger partial charge < -0.3 is 18.9 Å². The van der Waals surface area contributed by atoms with Gasteiger partial charge in [0.15, 0.2) is 0 Å². The van der Waals surface area contributed by atoms with Crippen molar-refractivity contribution < 1.29 is 40.5 Å². The Bertz CT molecular complexity index is 1910. The van der Waals surface area contributed by atoms with E-state index in [1.807, 2.05) is 0 Å². The molecule has 15 heteroatoms. The molecule has 0 N–H and O–H groups in total. The van der Waals surface area contributed by atoms with Gasteiger partial charge in [-0.05, 0) is 61.9 Å². The lowest BCUT2D eigenvalue weighted by atomic mass is 9.78. The summed E-state index contributed by atoms with van der Waals surface area (Å²) in [5.41, 5.74) is 0.817. The van der Waals surface area contributed by atoms with E-state index < -0.39 is 21.8 Å². The quantitative estimate of drug-likeness (QED) is 0.182. The molecule has 51 heavy (non-hydrogen) atoms. The molecular formula is C36H40F3N5O6S. The van der Waals surface area contributed by atoms with Crippen molar-refractivity contribution in [2.45, 2.75) is 61.9 Å². The van der Waals surface area contributed by atoms with Crippen molar-refractivity contribution >= 4 is 15.8 Å². The van der Waals surface area contributed by atoms with Crippen molar-refractivity contribution in [2.75, 3.05) is 44.8 Å². The number of sulfonamides is 1. The summed E-state index contributed by atoms with van der Waals surface area (Å²) in [6.45, 7) is 3.94. The van der Waals surface area contributed by atoms with Gasteiger partial charge in [0.2, 0.25) is 5.88 Å². The van der Waals surface area contributed by atoms with Gasteiger partial charge in [0, 0.05) is 49.1 Å². The topological polar surface area (TPSA) is 116 Å². The molecule has 272 valence electrons. The van der Waals surface area contributed by atoms with Crippen LogP contribution in [0.25, 0.3) is 0 Å². The number of aryl methyl sites for hydroxylation is 1. The molecular weight excluding hydrogens is 687 g/mol. The highest BCUT2D eigenvalue weighted by Gasteiger charge is 2.39. The van der Waals surface area contributed by atoms with Crippen LogP contribution in [-0.2, 0) is 27.5 Å². The van der Waals surface area contributed by atoms with E-state index in [1.54, 1.807) is 37.3 Å². The van der Waals surface area contributed by atoms with Crippen LogP contribution in [0.2, 0.25) is 0 Å². The summed E-state index contributed by atoms with van der Waals surface area (Å²) >= 11 is 0. The predicted octanol–water partition coefficient (Wildman–Crippen LogP) is 6.03. The largest absolute Gasteiger partial charge is 0.497 e. The number of rotatable bonds is 11. The molecule has 0 amide bonds. The summed E-state index contributed by atoms with van der Waals surface area (Å²) in [6, 6.07) is 15.1. The van der Waals surface area contributed by atoms with Crippen LogP contribution < -0.4 is 18.5 Å². The van der Waals surface area contributed by atoms with Gasteiger partial charge in [-0.15, -0.1) is 0 Å². The van der Waals surface area contributed by atoms with Crippen LogP contribution in [0.3, 0.4) is 0 Å². The number of halogens is 3. The molecule has 1 aliphatic carbocycles. The average Bonchev–Trinajstić information content (AvgIpc) is 3.14. The fraction of sp³-hybridized carbons (Fsp3) is 0.417. The molecule has 2 aromatic carbocycles. The number of methoxy groups -OCH3 is 2. The SMILES string of the molecule is COc1ccc(CN(c2ccncn2)S(=O)(=O)c2ccc(O[C@H]3CC[C@H](c4cccc(C(F)(F)F)c4)C[C@@H]3N3CCOCC3)nc2C)c(OC)c1. The van der Waals surface area contributed by atoms with Crippen molar-refractivity contribution in [3.63, 3.8) is 0 Å². The summed E-state index contributed by atoms with van der Waals surface area (Å²) in [5.74, 6) is 1.34. The summed E-state index contributed by atoms with van der Waals surface area (Å²) in [6.07, 6.45) is -0.199. The number of pyridine rings is 1. The number of benzene rings is 2. The number of nitrogens with zero attached hydrogens (tertiary/aromatic N) is 5. The van der Waals surface area contributed by atoms with Crippen molar-refractivity contribution in [1.29, 1.82) is 0 Å². The third kappa shape index (κ3) is 8.21. The molecule has 11 nitrogen and oxygen atoms in total. The molecule has 3 heterocycles. The van der Waals surface area contributed by atoms with E-state index >= 15 is 0 Å². The minimum Gasteiger partial charge on any atom is -0.497 e. The third-order valence-corrected chi connectivity index (χ3v) is 11.3. The molecule has 4 aromatic rings. The molecule has 1 saturated carbocycles. The van der Waals surface area contributed by atoms with Gasteiger partial charge in [-0.3, -0.25) is 4.90 Å². The lowest BCUT2D eigenvalue weighted by Gasteiger charge is -2.43. The summed E-state index contributed by atoms with van der Waals surface area (Å²) in [5, 5.41) is 0. The number of ether oxygens (including phenoxy) is 4. The first-order chi connectivity index (χ1) is 24.5. The van der Waals surface area contributed by atoms with Gasteiger partial charge in [0.1, 0.15) is 34.6 Å². The predicted molar refractivity (Wildman–Crippen MR) is 183 cm³/mol. The van der Waals surface area contributed by atoms with E-state index in [9.17, 15) is 21.6 Å². The number of aromatic nitrogens is 3. The molecule has 6 rings (SSSR count). The van der Waals surface area contributed by atoms with Gasteiger partial charge in [-0.1, -0.05) is 18.2 Å². The van der Waals surface area contributed by atoms with Crippen molar-refractivity contribution in [3.8, 4) is 17.4 Å². The number of hydrogen-bond donors (Lipinski definition) is 0. The number of anilines is 1. The normalized spacial score (nSPS) is 20.1. The first-order valence-corrected chi connectivity index (χ1v) is 18.0. The Morgan fingerprint density at radius 1 is 1.00 bits per heavy atom. The molecule has 2 fully saturated rings. The Morgan fingerprint density at radius 3 is 2.49 bits per heavy atom. The molecule has 0 bridgehead atoms. The minimum atomic E-state index is -4.42. The minimum absolute atomic E-state index is 0.0288. The summed E-state index contributed by atoms with van der Waals surface area (Å²) in [7, 11) is -1.19. The van der Waals surface area contributed by atoms with Crippen molar-refractivity contribution in [3.05, 3.63) is 95.6 Å². The Hall–Kier alpha value is -4.47. The van der Waals surface area contributed by atoms with Crippen molar-refractivity contribution in [2.24, 2.45) is 0 Å². The molecule has 2 aliphatic rings. The molecule has 3 atom stereocenters. The zero-order valence-electron chi connectivity index (χ0n) is 28.5. The molecule has 0 unspecified atom stereocenters. The third-order valence-electron chi connectivity index (χ3n) is 9.44. The lowest BCUT2D eigenvalue weighted by molar-refractivity contribution is -0.137. The number of alkyl halides is 3. The van der Waals surface area contributed by atoms with Crippen LogP contribution in [0.4, 0.5) is 19.0 Å². The van der Waals surface area contributed by atoms with Crippen LogP contribution in [0.5, 0.6) is 17.4 Å². The van der Waals surface area contributed by atoms with Gasteiger partial charge in [0.05, 0.1) is 45.2 Å². The first kappa shape index (κ1) is 36.3. The second kappa shape index (κ2) is 15.4. The van der Waals surface area contributed by atoms with Crippen LogP contribution >= 0.6 is 0 Å². The fourth-order valence-corrected chi connectivity index (χ4v) is 8.38. The second-order valence-electron chi connectivity index (χ2n) is 12.5. The molecule has 1 aliphatic heterocycles. The molecule has 0 spiro atoms. The van der Waals surface area contributed by atoms with Gasteiger partial charge in [-0.25, -0.2) is 27.7 Å². The van der Waals surface area contributed by atoms with E-state index in [0.717, 1.165) is 6.07 Å². The molecule has 2 aromatic heterocycles. The van der Waals surface area contributed by atoms with Crippen LogP contribution in [0.1, 0.15) is 47.6 Å². The Labute approximate surface area is 295 Å².